The molecule has 0 spiro atoms. The summed E-state index contributed by atoms with van der Waals surface area (Å²) in [6.07, 6.45) is 4.50. The van der Waals surface area contributed by atoms with Gasteiger partial charge in [0.25, 0.3) is 0 Å². The van der Waals surface area contributed by atoms with Crippen molar-refractivity contribution in [3.05, 3.63) is 23.8 Å². The number of aryl methyl sites for hydroxylation is 1. The van der Waals surface area contributed by atoms with E-state index in [-0.39, 0.29) is 11.9 Å². The molecule has 1 atom stereocenters. The summed E-state index contributed by atoms with van der Waals surface area (Å²) < 4.78 is 0. The molecule has 0 aromatic carbocycles. The van der Waals surface area contributed by atoms with Crippen LogP contribution in [-0.2, 0) is 11.3 Å². The number of aromatic nitrogens is 2. The fourth-order valence-corrected chi connectivity index (χ4v) is 1.15. The predicted molar refractivity (Wildman–Crippen MR) is 61.5 cm³/mol. The molecule has 0 bridgehead atoms. The van der Waals surface area contributed by atoms with Crippen molar-refractivity contribution in [1.82, 2.24) is 15.3 Å². The molecule has 0 fully saturated rings. The lowest BCUT2D eigenvalue weighted by atomic mass is 10.1. The van der Waals surface area contributed by atoms with E-state index in [1.807, 2.05) is 13.8 Å². The lowest BCUT2D eigenvalue weighted by Crippen LogP contribution is -2.31. The van der Waals surface area contributed by atoms with E-state index in [0.29, 0.717) is 13.0 Å². The Bertz CT molecular complexity index is 336. The number of nitrogens with zero attached hydrogens (tertiary/aromatic N) is 2. The zero-order valence-electron chi connectivity index (χ0n) is 9.73. The Morgan fingerprint density at radius 3 is 2.81 bits per heavy atom. The van der Waals surface area contributed by atoms with Crippen molar-refractivity contribution in [3.8, 4) is 0 Å². The Balaban J connectivity index is 2.34. The standard InChI is InChI=1S/C11H18N4O/c1-3-9(12)4-11(16)15-7-10-6-13-8(2)5-14-10/h5-6,9H,3-4,7,12H2,1-2H3,(H,15,16). The topological polar surface area (TPSA) is 80.9 Å². The highest BCUT2D eigenvalue weighted by Crippen LogP contribution is 1.96. The summed E-state index contributed by atoms with van der Waals surface area (Å²) >= 11 is 0. The van der Waals surface area contributed by atoms with Crippen LogP contribution < -0.4 is 11.1 Å². The van der Waals surface area contributed by atoms with Crippen LogP contribution in [0.5, 0.6) is 0 Å². The van der Waals surface area contributed by atoms with Gasteiger partial charge in [0.1, 0.15) is 0 Å². The maximum absolute atomic E-state index is 11.4. The van der Waals surface area contributed by atoms with Gasteiger partial charge in [0.05, 0.1) is 24.1 Å². The number of amides is 1. The largest absolute Gasteiger partial charge is 0.350 e. The Kier molecular flexibility index (Phi) is 4.85. The zero-order valence-corrected chi connectivity index (χ0v) is 9.73. The third-order valence-electron chi connectivity index (χ3n) is 2.27. The molecule has 5 heteroatoms. The van der Waals surface area contributed by atoms with E-state index in [0.717, 1.165) is 17.8 Å². The molecule has 5 nitrogen and oxygen atoms in total. The third-order valence-corrected chi connectivity index (χ3v) is 2.27. The summed E-state index contributed by atoms with van der Waals surface area (Å²) in [6, 6.07) is -0.0656. The maximum Gasteiger partial charge on any atom is 0.221 e. The van der Waals surface area contributed by atoms with Crippen molar-refractivity contribution in [2.75, 3.05) is 0 Å². The molecule has 1 aromatic rings. The van der Waals surface area contributed by atoms with Crippen LogP contribution in [0.15, 0.2) is 12.4 Å². The van der Waals surface area contributed by atoms with Crippen molar-refractivity contribution in [1.29, 1.82) is 0 Å². The van der Waals surface area contributed by atoms with Gasteiger partial charge in [-0.3, -0.25) is 14.8 Å². The molecule has 0 aliphatic rings. The molecule has 88 valence electrons. The molecule has 1 rings (SSSR count). The molecule has 1 aromatic heterocycles. The SMILES string of the molecule is CCC(N)CC(=O)NCc1cnc(C)cn1. The number of hydrogen-bond donors (Lipinski definition) is 2. The second-order valence-electron chi connectivity index (χ2n) is 3.80. The van der Waals surface area contributed by atoms with Crippen LogP contribution in [0.2, 0.25) is 0 Å². The van der Waals surface area contributed by atoms with Gasteiger partial charge in [-0.1, -0.05) is 6.92 Å². The second kappa shape index (κ2) is 6.17. The fraction of sp³-hybridized carbons (Fsp3) is 0.545. The van der Waals surface area contributed by atoms with Crippen LogP contribution in [0.1, 0.15) is 31.2 Å². The van der Waals surface area contributed by atoms with E-state index < -0.39 is 0 Å². The fourth-order valence-electron chi connectivity index (χ4n) is 1.15. The minimum absolute atomic E-state index is 0.0447. The van der Waals surface area contributed by atoms with Gasteiger partial charge in [0.15, 0.2) is 0 Å². The van der Waals surface area contributed by atoms with Crippen LogP contribution in [0.4, 0.5) is 0 Å². The van der Waals surface area contributed by atoms with Crippen LogP contribution in [0, 0.1) is 6.92 Å². The average molecular weight is 222 g/mol. The molecule has 0 radical (unpaired) electrons. The zero-order chi connectivity index (χ0) is 12.0. The lowest BCUT2D eigenvalue weighted by Gasteiger charge is -2.08. The molecule has 16 heavy (non-hydrogen) atoms. The molecule has 0 aliphatic heterocycles. The van der Waals surface area contributed by atoms with E-state index in [2.05, 4.69) is 15.3 Å². The Hall–Kier alpha value is -1.49. The second-order valence-corrected chi connectivity index (χ2v) is 3.80. The van der Waals surface area contributed by atoms with Gasteiger partial charge in [-0.25, -0.2) is 0 Å². The molecule has 0 saturated heterocycles. The number of hydrogen-bond acceptors (Lipinski definition) is 4. The predicted octanol–water partition coefficient (Wildman–Crippen LogP) is 0.529. The van der Waals surface area contributed by atoms with E-state index in [4.69, 9.17) is 5.73 Å². The first kappa shape index (κ1) is 12.6. The van der Waals surface area contributed by atoms with E-state index in [1.165, 1.54) is 0 Å². The average Bonchev–Trinajstić information content (AvgIpc) is 2.28. The van der Waals surface area contributed by atoms with Gasteiger partial charge in [-0.05, 0) is 13.3 Å². The first-order valence-corrected chi connectivity index (χ1v) is 5.41. The summed E-state index contributed by atoms with van der Waals surface area (Å²) in [7, 11) is 0. The van der Waals surface area contributed by atoms with Gasteiger partial charge >= 0.3 is 0 Å². The first-order valence-electron chi connectivity index (χ1n) is 5.41. The molecule has 1 heterocycles. The smallest absolute Gasteiger partial charge is 0.221 e. The van der Waals surface area contributed by atoms with Crippen molar-refractivity contribution in [2.24, 2.45) is 5.73 Å². The number of carbonyl (C=O) groups is 1. The number of nitrogens with two attached hydrogens (primary N) is 1. The summed E-state index contributed by atoms with van der Waals surface area (Å²) in [4.78, 5) is 19.7. The van der Waals surface area contributed by atoms with Crippen LogP contribution in [0.25, 0.3) is 0 Å². The molecule has 0 saturated carbocycles. The Labute approximate surface area is 95.5 Å². The highest BCUT2D eigenvalue weighted by Gasteiger charge is 2.07. The minimum atomic E-state index is -0.0656. The Morgan fingerprint density at radius 1 is 1.50 bits per heavy atom. The molecule has 1 unspecified atom stereocenters. The summed E-state index contributed by atoms with van der Waals surface area (Å²) in [6.45, 7) is 4.24. The summed E-state index contributed by atoms with van der Waals surface area (Å²) in [5.41, 5.74) is 7.29. The quantitative estimate of drug-likeness (QED) is 0.761. The van der Waals surface area contributed by atoms with Crippen LogP contribution in [0.3, 0.4) is 0 Å². The third kappa shape index (κ3) is 4.35. The van der Waals surface area contributed by atoms with E-state index in [1.54, 1.807) is 12.4 Å². The van der Waals surface area contributed by atoms with Crippen LogP contribution >= 0.6 is 0 Å². The molecule has 3 N–H and O–H groups in total. The van der Waals surface area contributed by atoms with Gasteiger partial charge in [0, 0.05) is 18.7 Å². The summed E-state index contributed by atoms with van der Waals surface area (Å²) in [5.74, 6) is -0.0447. The van der Waals surface area contributed by atoms with Crippen molar-refractivity contribution < 1.29 is 4.79 Å². The highest BCUT2D eigenvalue weighted by molar-refractivity contribution is 5.76. The first-order chi connectivity index (χ1) is 7.61. The number of carbonyl (C=O) groups excluding carboxylic acids is 1. The number of rotatable bonds is 5. The van der Waals surface area contributed by atoms with Gasteiger partial charge in [0.2, 0.25) is 5.91 Å². The molecule has 0 aliphatic carbocycles. The van der Waals surface area contributed by atoms with Crippen molar-refractivity contribution >= 4 is 5.91 Å². The molecular formula is C11H18N4O. The van der Waals surface area contributed by atoms with Crippen molar-refractivity contribution in [2.45, 2.75) is 39.3 Å². The lowest BCUT2D eigenvalue weighted by molar-refractivity contribution is -0.121. The van der Waals surface area contributed by atoms with Gasteiger partial charge < -0.3 is 11.1 Å². The maximum atomic E-state index is 11.4. The summed E-state index contributed by atoms with van der Waals surface area (Å²) in [5, 5.41) is 2.76. The van der Waals surface area contributed by atoms with Crippen molar-refractivity contribution in [3.63, 3.8) is 0 Å². The normalized spacial score (nSPS) is 12.2. The minimum Gasteiger partial charge on any atom is -0.350 e. The van der Waals surface area contributed by atoms with E-state index >= 15 is 0 Å². The molecule has 1 amide bonds. The number of nitrogens with one attached hydrogen (secondary N) is 1. The monoisotopic (exact) mass is 222 g/mol. The van der Waals surface area contributed by atoms with E-state index in [9.17, 15) is 4.79 Å². The Morgan fingerprint density at radius 2 is 2.25 bits per heavy atom. The molecular weight excluding hydrogens is 204 g/mol. The van der Waals surface area contributed by atoms with Crippen LogP contribution in [-0.4, -0.2) is 21.9 Å². The highest BCUT2D eigenvalue weighted by atomic mass is 16.1. The van der Waals surface area contributed by atoms with Gasteiger partial charge in [-0.15, -0.1) is 0 Å². The van der Waals surface area contributed by atoms with Gasteiger partial charge in [-0.2, -0.15) is 0 Å².